The Bertz CT molecular complexity index is 600. The molecular weight excluding hydrogens is 294 g/mol. The van der Waals surface area contributed by atoms with Crippen LogP contribution in [0.25, 0.3) is 0 Å². The van der Waals surface area contributed by atoms with Gasteiger partial charge in [-0.1, -0.05) is 0 Å². The summed E-state index contributed by atoms with van der Waals surface area (Å²) in [6.07, 6.45) is 7.28. The minimum Gasteiger partial charge on any atom is -0.393 e. The molecular formula is C16H23N5O2. The average molecular weight is 317 g/mol. The number of hydrogen-bond acceptors (Lipinski definition) is 6. The summed E-state index contributed by atoms with van der Waals surface area (Å²) in [4.78, 5) is 20.3. The summed E-state index contributed by atoms with van der Waals surface area (Å²) in [5, 5.41) is 16.3. The van der Waals surface area contributed by atoms with Gasteiger partial charge in [-0.25, -0.2) is 4.98 Å². The summed E-state index contributed by atoms with van der Waals surface area (Å²) in [7, 11) is 0. The summed E-state index contributed by atoms with van der Waals surface area (Å²) >= 11 is 0. The number of nitrogens with one attached hydrogen (secondary N) is 2. The molecule has 0 unspecified atom stereocenters. The summed E-state index contributed by atoms with van der Waals surface area (Å²) in [5.41, 5.74) is 5.79. The SMILES string of the molecule is NC(=O)c1cnc(N[C@H]2CC[C@H](O)CC2)nc1NC1C2CC1C2. The van der Waals surface area contributed by atoms with Crippen LogP contribution in [-0.2, 0) is 0 Å². The fourth-order valence-electron chi connectivity index (χ4n) is 3.83. The second-order valence-electron chi connectivity index (χ2n) is 7.13. The Hall–Kier alpha value is -1.89. The first-order valence-corrected chi connectivity index (χ1v) is 8.48. The predicted octanol–water partition coefficient (Wildman–Crippen LogP) is 1.11. The van der Waals surface area contributed by atoms with E-state index < -0.39 is 5.91 Å². The van der Waals surface area contributed by atoms with E-state index in [9.17, 15) is 9.90 Å². The van der Waals surface area contributed by atoms with Gasteiger partial charge in [-0.2, -0.15) is 4.98 Å². The average Bonchev–Trinajstić information content (AvgIpc) is 2.45. The minimum absolute atomic E-state index is 0.186. The first-order valence-electron chi connectivity index (χ1n) is 8.48. The fourth-order valence-corrected chi connectivity index (χ4v) is 3.83. The molecule has 0 saturated heterocycles. The number of aromatic nitrogens is 2. The zero-order valence-electron chi connectivity index (χ0n) is 13.0. The van der Waals surface area contributed by atoms with Crippen molar-refractivity contribution in [2.75, 3.05) is 10.6 Å². The number of nitrogens with two attached hydrogens (primary N) is 1. The number of aliphatic hydroxyl groups excluding tert-OH is 1. The molecule has 5 N–H and O–H groups in total. The van der Waals surface area contributed by atoms with Crippen molar-refractivity contribution in [3.05, 3.63) is 11.8 Å². The maximum Gasteiger partial charge on any atom is 0.254 e. The molecule has 4 aliphatic carbocycles. The second kappa shape index (κ2) is 5.63. The molecule has 0 spiro atoms. The topological polar surface area (TPSA) is 113 Å². The van der Waals surface area contributed by atoms with Gasteiger partial charge in [0, 0.05) is 18.3 Å². The van der Waals surface area contributed by atoms with Crippen LogP contribution in [0.2, 0.25) is 0 Å². The minimum atomic E-state index is -0.507. The van der Waals surface area contributed by atoms with Crippen molar-refractivity contribution in [3.8, 4) is 0 Å². The van der Waals surface area contributed by atoms with Gasteiger partial charge in [-0.3, -0.25) is 4.79 Å². The van der Waals surface area contributed by atoms with Crippen LogP contribution in [0.3, 0.4) is 0 Å². The van der Waals surface area contributed by atoms with E-state index in [2.05, 4.69) is 20.6 Å². The smallest absolute Gasteiger partial charge is 0.254 e. The van der Waals surface area contributed by atoms with Crippen molar-refractivity contribution in [1.82, 2.24) is 9.97 Å². The van der Waals surface area contributed by atoms with Crippen LogP contribution in [-0.4, -0.2) is 39.2 Å². The van der Waals surface area contributed by atoms with Crippen molar-refractivity contribution in [2.45, 2.75) is 56.7 Å². The molecule has 0 radical (unpaired) electrons. The molecule has 4 aliphatic rings. The summed E-state index contributed by atoms with van der Waals surface area (Å²) in [6, 6.07) is 0.698. The summed E-state index contributed by atoms with van der Waals surface area (Å²) in [5.74, 6) is 1.99. The highest BCUT2D eigenvalue weighted by Gasteiger charge is 2.52. The number of carbonyl (C=O) groups is 1. The Morgan fingerprint density at radius 3 is 2.43 bits per heavy atom. The van der Waals surface area contributed by atoms with Crippen LogP contribution in [0.5, 0.6) is 0 Å². The number of anilines is 2. The Balaban J connectivity index is 1.47. The number of amides is 1. The van der Waals surface area contributed by atoms with Gasteiger partial charge in [-0.15, -0.1) is 0 Å². The highest BCUT2D eigenvalue weighted by molar-refractivity contribution is 5.97. The van der Waals surface area contributed by atoms with Gasteiger partial charge in [0.25, 0.3) is 5.91 Å². The van der Waals surface area contributed by atoms with Crippen LogP contribution in [0.15, 0.2) is 6.20 Å². The van der Waals surface area contributed by atoms with Gasteiger partial charge < -0.3 is 21.5 Å². The first kappa shape index (κ1) is 14.7. The second-order valence-corrected chi connectivity index (χ2v) is 7.13. The van der Waals surface area contributed by atoms with Crippen molar-refractivity contribution < 1.29 is 9.90 Å². The Kier molecular flexibility index (Phi) is 3.60. The highest BCUT2D eigenvalue weighted by atomic mass is 16.3. The Morgan fingerprint density at radius 2 is 1.87 bits per heavy atom. The third-order valence-electron chi connectivity index (χ3n) is 5.61. The number of hydrogen-bond donors (Lipinski definition) is 4. The third-order valence-corrected chi connectivity index (χ3v) is 5.61. The summed E-state index contributed by atoms with van der Waals surface area (Å²) in [6.45, 7) is 0. The molecule has 1 amide bonds. The lowest BCUT2D eigenvalue weighted by Crippen LogP contribution is -2.59. The number of primary amides is 1. The van der Waals surface area contributed by atoms with E-state index in [0.29, 0.717) is 35.2 Å². The van der Waals surface area contributed by atoms with E-state index in [-0.39, 0.29) is 12.1 Å². The Morgan fingerprint density at radius 1 is 1.17 bits per heavy atom. The molecule has 0 aromatic carbocycles. The largest absolute Gasteiger partial charge is 0.393 e. The van der Waals surface area contributed by atoms with Crippen molar-refractivity contribution >= 4 is 17.7 Å². The van der Waals surface area contributed by atoms with Crippen LogP contribution in [0.4, 0.5) is 11.8 Å². The zero-order valence-corrected chi connectivity index (χ0v) is 13.0. The lowest BCUT2D eigenvalue weighted by Gasteiger charge is -2.58. The molecule has 7 heteroatoms. The van der Waals surface area contributed by atoms with Gasteiger partial charge in [0.15, 0.2) is 0 Å². The first-order chi connectivity index (χ1) is 11.1. The van der Waals surface area contributed by atoms with Crippen molar-refractivity contribution in [3.63, 3.8) is 0 Å². The number of nitrogens with zero attached hydrogens (tertiary/aromatic N) is 2. The molecule has 0 aliphatic heterocycles. The number of carbonyl (C=O) groups excluding carboxylic acids is 1. The molecule has 4 fully saturated rings. The Labute approximate surface area is 135 Å². The van der Waals surface area contributed by atoms with E-state index in [4.69, 9.17) is 5.73 Å². The molecule has 5 rings (SSSR count). The van der Waals surface area contributed by atoms with Crippen LogP contribution in [0.1, 0.15) is 48.9 Å². The molecule has 1 heterocycles. The molecule has 1 aromatic heterocycles. The van der Waals surface area contributed by atoms with E-state index in [1.807, 2.05) is 0 Å². The van der Waals surface area contributed by atoms with Crippen LogP contribution >= 0.6 is 0 Å². The van der Waals surface area contributed by atoms with E-state index in [1.54, 1.807) is 0 Å². The molecule has 23 heavy (non-hydrogen) atoms. The van der Waals surface area contributed by atoms with E-state index in [0.717, 1.165) is 25.7 Å². The molecule has 7 nitrogen and oxygen atoms in total. The van der Waals surface area contributed by atoms with Gasteiger partial charge in [-0.05, 0) is 50.4 Å². The van der Waals surface area contributed by atoms with Gasteiger partial charge in [0.1, 0.15) is 5.82 Å². The van der Waals surface area contributed by atoms with Gasteiger partial charge in [0.05, 0.1) is 11.7 Å². The molecule has 4 saturated carbocycles. The molecule has 124 valence electrons. The maximum absolute atomic E-state index is 11.6. The molecule has 2 bridgehead atoms. The van der Waals surface area contributed by atoms with Crippen LogP contribution in [0, 0.1) is 11.8 Å². The number of aliphatic hydroxyl groups is 1. The quantitative estimate of drug-likeness (QED) is 0.647. The standard InChI is InChI=1S/C16H23N5O2/c17-14(23)12-7-18-16(19-10-1-3-11(22)4-2-10)21-15(12)20-13-8-5-9(13)6-8/h7-11,13,22H,1-6H2,(H2,17,23)(H2,18,19,20,21)/t8?,9?,10-,11-,13?. The van der Waals surface area contributed by atoms with Gasteiger partial charge in [0.2, 0.25) is 5.95 Å². The van der Waals surface area contributed by atoms with Crippen molar-refractivity contribution in [2.24, 2.45) is 17.6 Å². The lowest BCUT2D eigenvalue weighted by atomic mass is 9.52. The van der Waals surface area contributed by atoms with Crippen LogP contribution < -0.4 is 16.4 Å². The molecule has 0 atom stereocenters. The summed E-state index contributed by atoms with van der Waals surface area (Å²) < 4.78 is 0. The van der Waals surface area contributed by atoms with Crippen molar-refractivity contribution in [1.29, 1.82) is 0 Å². The lowest BCUT2D eigenvalue weighted by molar-refractivity contribution is -0.00415. The fraction of sp³-hybridized carbons (Fsp3) is 0.688. The predicted molar refractivity (Wildman–Crippen MR) is 86.1 cm³/mol. The van der Waals surface area contributed by atoms with E-state index >= 15 is 0 Å². The van der Waals surface area contributed by atoms with E-state index in [1.165, 1.54) is 19.0 Å². The van der Waals surface area contributed by atoms with Gasteiger partial charge >= 0.3 is 0 Å². The highest BCUT2D eigenvalue weighted by Crippen LogP contribution is 2.54. The normalized spacial score (nSPS) is 34.9. The number of rotatable bonds is 5. The maximum atomic E-state index is 11.6. The third kappa shape index (κ3) is 2.73. The zero-order chi connectivity index (χ0) is 16.0. The monoisotopic (exact) mass is 317 g/mol. The molecule has 1 aromatic rings.